The average Bonchev–Trinajstić information content (AvgIpc) is 2.77. The lowest BCUT2D eigenvalue weighted by atomic mass is 9.93. The molecule has 0 amide bonds. The first-order chi connectivity index (χ1) is 7.38. The van der Waals surface area contributed by atoms with E-state index in [1.165, 1.54) is 64.2 Å². The van der Waals surface area contributed by atoms with Crippen LogP contribution in [-0.4, -0.2) is 13.1 Å². The van der Waals surface area contributed by atoms with Crippen LogP contribution in [0, 0.1) is 5.92 Å². The molecule has 0 aliphatic heterocycles. The monoisotopic (exact) mass is 211 g/mol. The third kappa shape index (κ3) is 5.01. The predicted molar refractivity (Wildman–Crippen MR) is 68.2 cm³/mol. The Kier molecular flexibility index (Phi) is 7.08. The minimum Gasteiger partial charge on any atom is -0.317 e. The summed E-state index contributed by atoms with van der Waals surface area (Å²) in [7, 11) is 2.15. The van der Waals surface area contributed by atoms with Crippen LogP contribution in [0.4, 0.5) is 0 Å². The van der Waals surface area contributed by atoms with E-state index in [-0.39, 0.29) is 0 Å². The smallest absolute Gasteiger partial charge is 0.00923 e. The van der Waals surface area contributed by atoms with Gasteiger partial charge in [-0.2, -0.15) is 0 Å². The highest BCUT2D eigenvalue weighted by Crippen LogP contribution is 2.29. The lowest BCUT2D eigenvalue weighted by Crippen LogP contribution is -2.32. The van der Waals surface area contributed by atoms with Crippen LogP contribution in [0.15, 0.2) is 0 Å². The summed E-state index contributed by atoms with van der Waals surface area (Å²) in [6, 6.07) is 0.814. The molecule has 0 heterocycles. The zero-order valence-corrected chi connectivity index (χ0v) is 10.7. The molecule has 1 fully saturated rings. The normalized spacial score (nSPS) is 19.6. The van der Waals surface area contributed by atoms with Gasteiger partial charge in [0.25, 0.3) is 0 Å². The number of nitrogens with one attached hydrogen (secondary N) is 1. The van der Waals surface area contributed by atoms with Gasteiger partial charge in [0.2, 0.25) is 0 Å². The molecule has 0 saturated heterocycles. The molecule has 15 heavy (non-hydrogen) atoms. The molecule has 1 aliphatic carbocycles. The molecule has 1 heteroatoms. The summed E-state index contributed by atoms with van der Waals surface area (Å²) in [5, 5.41) is 3.53. The molecule has 1 aliphatic rings. The van der Waals surface area contributed by atoms with Crippen LogP contribution < -0.4 is 5.32 Å². The van der Waals surface area contributed by atoms with Crippen molar-refractivity contribution in [1.82, 2.24) is 5.32 Å². The molecular formula is C14H29N. The lowest BCUT2D eigenvalue weighted by Gasteiger charge is -2.22. The second-order valence-corrected chi connectivity index (χ2v) is 5.14. The van der Waals surface area contributed by atoms with Crippen LogP contribution in [0.1, 0.15) is 71.1 Å². The van der Waals surface area contributed by atoms with Crippen molar-refractivity contribution in [3.63, 3.8) is 0 Å². The van der Waals surface area contributed by atoms with Gasteiger partial charge in [-0.05, 0) is 32.2 Å². The Morgan fingerprint density at radius 3 is 2.33 bits per heavy atom. The second-order valence-electron chi connectivity index (χ2n) is 5.14. The quantitative estimate of drug-likeness (QED) is 0.595. The van der Waals surface area contributed by atoms with Gasteiger partial charge in [0.1, 0.15) is 0 Å². The van der Waals surface area contributed by atoms with Crippen LogP contribution in [0.5, 0.6) is 0 Å². The third-order valence-corrected chi connectivity index (χ3v) is 3.96. The van der Waals surface area contributed by atoms with E-state index in [4.69, 9.17) is 0 Å². The largest absolute Gasteiger partial charge is 0.317 e. The SMILES string of the molecule is CCCCCCCC(NC)C1CCCC1. The molecule has 1 saturated carbocycles. The van der Waals surface area contributed by atoms with Gasteiger partial charge in [-0.1, -0.05) is 51.9 Å². The van der Waals surface area contributed by atoms with Gasteiger partial charge in [-0.3, -0.25) is 0 Å². The Balaban J connectivity index is 2.05. The predicted octanol–water partition coefficient (Wildman–Crippen LogP) is 4.13. The van der Waals surface area contributed by atoms with E-state index < -0.39 is 0 Å². The zero-order valence-electron chi connectivity index (χ0n) is 10.7. The molecule has 1 rings (SSSR count). The van der Waals surface area contributed by atoms with Crippen molar-refractivity contribution in [3.8, 4) is 0 Å². The summed E-state index contributed by atoms with van der Waals surface area (Å²) < 4.78 is 0. The van der Waals surface area contributed by atoms with E-state index in [0.29, 0.717) is 0 Å². The molecule has 0 bridgehead atoms. The van der Waals surface area contributed by atoms with Crippen molar-refractivity contribution in [1.29, 1.82) is 0 Å². The van der Waals surface area contributed by atoms with Crippen LogP contribution in [-0.2, 0) is 0 Å². The molecule has 0 spiro atoms. The van der Waals surface area contributed by atoms with Crippen molar-refractivity contribution in [2.75, 3.05) is 7.05 Å². The van der Waals surface area contributed by atoms with Crippen LogP contribution in [0.2, 0.25) is 0 Å². The van der Waals surface area contributed by atoms with Crippen molar-refractivity contribution >= 4 is 0 Å². The van der Waals surface area contributed by atoms with E-state index in [2.05, 4.69) is 19.3 Å². The summed E-state index contributed by atoms with van der Waals surface area (Å²) in [6.45, 7) is 2.29. The van der Waals surface area contributed by atoms with Crippen LogP contribution in [0.25, 0.3) is 0 Å². The van der Waals surface area contributed by atoms with Crippen molar-refractivity contribution in [2.24, 2.45) is 5.92 Å². The summed E-state index contributed by atoms with van der Waals surface area (Å²) in [5.74, 6) is 0.987. The summed E-state index contributed by atoms with van der Waals surface area (Å²) >= 11 is 0. The number of hydrogen-bond acceptors (Lipinski definition) is 1. The summed E-state index contributed by atoms with van der Waals surface area (Å²) in [4.78, 5) is 0. The standard InChI is InChI=1S/C14H29N/c1-3-4-5-6-7-12-14(15-2)13-10-8-9-11-13/h13-15H,3-12H2,1-2H3. The van der Waals surface area contributed by atoms with Gasteiger partial charge < -0.3 is 5.32 Å². The Labute approximate surface area is 96.0 Å². The average molecular weight is 211 g/mol. The van der Waals surface area contributed by atoms with Gasteiger partial charge in [-0.25, -0.2) is 0 Å². The molecule has 1 atom stereocenters. The Morgan fingerprint density at radius 2 is 1.73 bits per heavy atom. The maximum Gasteiger partial charge on any atom is 0.00923 e. The topological polar surface area (TPSA) is 12.0 Å². The van der Waals surface area contributed by atoms with E-state index in [9.17, 15) is 0 Å². The fourth-order valence-corrected chi connectivity index (χ4v) is 2.94. The molecule has 0 aromatic heterocycles. The fourth-order valence-electron chi connectivity index (χ4n) is 2.94. The first kappa shape index (κ1) is 13.0. The number of hydrogen-bond donors (Lipinski definition) is 1. The van der Waals surface area contributed by atoms with Gasteiger partial charge in [0.05, 0.1) is 0 Å². The Hall–Kier alpha value is -0.0400. The Bertz CT molecular complexity index is 138. The summed E-state index contributed by atoms with van der Waals surface area (Å²) in [5.41, 5.74) is 0. The van der Waals surface area contributed by atoms with Gasteiger partial charge >= 0.3 is 0 Å². The summed E-state index contributed by atoms with van der Waals surface area (Å²) in [6.07, 6.45) is 14.4. The molecular weight excluding hydrogens is 182 g/mol. The highest BCUT2D eigenvalue weighted by atomic mass is 14.9. The van der Waals surface area contributed by atoms with Crippen LogP contribution >= 0.6 is 0 Å². The third-order valence-electron chi connectivity index (χ3n) is 3.96. The van der Waals surface area contributed by atoms with Crippen LogP contribution in [0.3, 0.4) is 0 Å². The maximum atomic E-state index is 3.53. The molecule has 0 radical (unpaired) electrons. The van der Waals surface area contributed by atoms with E-state index in [1.807, 2.05) is 0 Å². The van der Waals surface area contributed by atoms with Gasteiger partial charge in [-0.15, -0.1) is 0 Å². The fraction of sp³-hybridized carbons (Fsp3) is 1.00. The molecule has 0 aromatic carbocycles. The first-order valence-electron chi connectivity index (χ1n) is 7.05. The Morgan fingerprint density at radius 1 is 1.07 bits per heavy atom. The van der Waals surface area contributed by atoms with E-state index in [0.717, 1.165) is 12.0 Å². The van der Waals surface area contributed by atoms with Crippen molar-refractivity contribution in [2.45, 2.75) is 77.2 Å². The van der Waals surface area contributed by atoms with Crippen molar-refractivity contribution in [3.05, 3.63) is 0 Å². The van der Waals surface area contributed by atoms with E-state index in [1.54, 1.807) is 0 Å². The lowest BCUT2D eigenvalue weighted by molar-refractivity contribution is 0.348. The second kappa shape index (κ2) is 8.15. The van der Waals surface area contributed by atoms with Crippen molar-refractivity contribution < 1.29 is 0 Å². The molecule has 1 N–H and O–H groups in total. The zero-order chi connectivity index (χ0) is 10.9. The first-order valence-corrected chi connectivity index (χ1v) is 7.05. The molecule has 1 unspecified atom stereocenters. The highest BCUT2D eigenvalue weighted by molar-refractivity contribution is 4.79. The van der Waals surface area contributed by atoms with Gasteiger partial charge in [0, 0.05) is 6.04 Å². The highest BCUT2D eigenvalue weighted by Gasteiger charge is 2.22. The molecule has 1 nitrogen and oxygen atoms in total. The number of rotatable bonds is 8. The maximum absolute atomic E-state index is 3.53. The number of unbranched alkanes of at least 4 members (excludes halogenated alkanes) is 4. The molecule has 90 valence electrons. The molecule has 0 aromatic rings. The minimum atomic E-state index is 0.814. The minimum absolute atomic E-state index is 0.814. The van der Waals surface area contributed by atoms with E-state index >= 15 is 0 Å². The van der Waals surface area contributed by atoms with Gasteiger partial charge in [0.15, 0.2) is 0 Å².